The van der Waals surface area contributed by atoms with E-state index in [1.54, 1.807) is 0 Å². The van der Waals surface area contributed by atoms with Gasteiger partial charge in [-0.3, -0.25) is 4.79 Å². The highest BCUT2D eigenvalue weighted by atomic mass is 32.1. The Morgan fingerprint density at radius 1 is 1.35 bits per heavy atom. The third-order valence-electron chi connectivity index (χ3n) is 2.72. The van der Waals surface area contributed by atoms with E-state index in [0.29, 0.717) is 6.42 Å². The zero-order valence-electron chi connectivity index (χ0n) is 10.8. The monoisotopic (exact) mass is 304 g/mol. The van der Waals surface area contributed by atoms with Gasteiger partial charge in [-0.2, -0.15) is 13.2 Å². The number of alkyl halides is 3. The second-order valence-electron chi connectivity index (χ2n) is 4.31. The van der Waals surface area contributed by atoms with Crippen LogP contribution in [0.4, 0.5) is 18.9 Å². The number of hydrogen-bond acceptors (Lipinski definition) is 2. The van der Waals surface area contributed by atoms with Gasteiger partial charge in [-0.25, -0.2) is 0 Å². The average molecular weight is 304 g/mol. The molecule has 1 aromatic carbocycles. The summed E-state index contributed by atoms with van der Waals surface area (Å²) in [5.74, 6) is -1.02. The van der Waals surface area contributed by atoms with Crippen molar-refractivity contribution in [3.8, 4) is 0 Å². The van der Waals surface area contributed by atoms with E-state index in [9.17, 15) is 18.0 Å². The molecular weight excluding hydrogens is 289 g/mol. The Kier molecular flexibility index (Phi) is 5.50. The normalized spacial score (nSPS) is 12.8. The van der Waals surface area contributed by atoms with Crippen LogP contribution in [0.25, 0.3) is 0 Å². The lowest BCUT2D eigenvalue weighted by Crippen LogP contribution is -2.33. The van der Waals surface area contributed by atoms with Gasteiger partial charge < -0.3 is 11.1 Å². The molecule has 7 heteroatoms. The van der Waals surface area contributed by atoms with Crippen molar-refractivity contribution in [2.24, 2.45) is 11.7 Å². The van der Waals surface area contributed by atoms with Crippen molar-refractivity contribution in [2.45, 2.75) is 25.9 Å². The summed E-state index contributed by atoms with van der Waals surface area (Å²) in [5.41, 5.74) is 4.99. The molecule has 110 valence electrons. The zero-order valence-corrected chi connectivity index (χ0v) is 11.6. The van der Waals surface area contributed by atoms with Gasteiger partial charge in [0.2, 0.25) is 5.91 Å². The molecule has 0 radical (unpaired) electrons. The number of nitrogens with two attached hydrogens (primary N) is 1. The van der Waals surface area contributed by atoms with Gasteiger partial charge in [-0.15, -0.1) is 0 Å². The van der Waals surface area contributed by atoms with E-state index in [0.717, 1.165) is 18.6 Å². The molecule has 3 nitrogen and oxygen atoms in total. The van der Waals surface area contributed by atoms with Crippen LogP contribution in [0, 0.1) is 5.92 Å². The third-order valence-corrected chi connectivity index (χ3v) is 3.00. The number of carbonyl (C=O) groups is 1. The second kappa shape index (κ2) is 6.69. The van der Waals surface area contributed by atoms with Crippen molar-refractivity contribution >= 4 is 28.8 Å². The van der Waals surface area contributed by atoms with Crippen molar-refractivity contribution < 1.29 is 18.0 Å². The van der Waals surface area contributed by atoms with Crippen LogP contribution in [-0.2, 0) is 11.0 Å². The van der Waals surface area contributed by atoms with Crippen molar-refractivity contribution in [3.05, 3.63) is 29.8 Å². The molecule has 0 aliphatic rings. The van der Waals surface area contributed by atoms with E-state index in [4.69, 9.17) is 18.0 Å². The van der Waals surface area contributed by atoms with Gasteiger partial charge in [0, 0.05) is 5.69 Å². The molecule has 0 heterocycles. The van der Waals surface area contributed by atoms with Crippen LogP contribution in [-0.4, -0.2) is 10.9 Å². The molecule has 1 unspecified atom stereocenters. The molecule has 0 saturated heterocycles. The summed E-state index contributed by atoms with van der Waals surface area (Å²) >= 11 is 4.81. The van der Waals surface area contributed by atoms with Crippen molar-refractivity contribution in [1.29, 1.82) is 0 Å². The number of rotatable bonds is 5. The van der Waals surface area contributed by atoms with Gasteiger partial charge in [-0.1, -0.05) is 25.6 Å². The Hall–Kier alpha value is -1.63. The fourth-order valence-electron chi connectivity index (χ4n) is 1.66. The molecule has 0 spiro atoms. The molecule has 0 bridgehead atoms. The molecule has 0 aliphatic carbocycles. The lowest BCUT2D eigenvalue weighted by Gasteiger charge is -2.15. The molecule has 1 amide bonds. The molecule has 0 fully saturated rings. The quantitative estimate of drug-likeness (QED) is 0.820. The number of amides is 1. The number of nitrogens with one attached hydrogen (secondary N) is 1. The number of anilines is 1. The minimum atomic E-state index is -4.40. The van der Waals surface area contributed by atoms with Crippen molar-refractivity contribution in [1.82, 2.24) is 0 Å². The summed E-state index contributed by atoms with van der Waals surface area (Å²) in [6.07, 6.45) is -3.17. The number of halogens is 3. The zero-order chi connectivity index (χ0) is 15.3. The Labute approximate surface area is 120 Å². The van der Waals surface area contributed by atoms with Crippen LogP contribution in [0.15, 0.2) is 24.3 Å². The maximum atomic E-state index is 12.4. The highest BCUT2D eigenvalue weighted by Gasteiger charge is 2.30. The molecule has 1 atom stereocenters. The van der Waals surface area contributed by atoms with E-state index in [2.05, 4.69) is 5.32 Å². The van der Waals surface area contributed by atoms with E-state index < -0.39 is 23.6 Å². The average Bonchev–Trinajstić information content (AvgIpc) is 2.34. The SMILES string of the molecule is CCCC(C(=O)Nc1ccc(C(F)(F)F)cc1)C(N)=S. The first kappa shape index (κ1) is 16.4. The first-order valence-corrected chi connectivity index (χ1v) is 6.44. The first-order chi connectivity index (χ1) is 9.25. The fraction of sp³-hybridized carbons (Fsp3) is 0.385. The van der Waals surface area contributed by atoms with Crippen LogP contribution >= 0.6 is 12.2 Å². The Bertz CT molecular complexity index is 485. The van der Waals surface area contributed by atoms with Gasteiger partial charge in [-0.05, 0) is 30.7 Å². The molecule has 3 N–H and O–H groups in total. The van der Waals surface area contributed by atoms with E-state index in [1.807, 2.05) is 6.92 Å². The highest BCUT2D eigenvalue weighted by Crippen LogP contribution is 2.29. The maximum Gasteiger partial charge on any atom is 0.416 e. The standard InChI is InChI=1S/C13H15F3N2OS/c1-2-3-10(11(17)20)12(19)18-9-6-4-8(5-7-9)13(14,15)16/h4-7,10H,2-3H2,1H3,(H2,17,20)(H,18,19). The first-order valence-electron chi connectivity index (χ1n) is 6.03. The molecule has 20 heavy (non-hydrogen) atoms. The minimum absolute atomic E-state index is 0.0799. The van der Waals surface area contributed by atoms with Gasteiger partial charge in [0.05, 0.1) is 16.5 Å². The predicted octanol–water partition coefficient (Wildman–Crippen LogP) is 3.35. The Morgan fingerprint density at radius 2 is 1.90 bits per heavy atom. The van der Waals surface area contributed by atoms with Crippen molar-refractivity contribution in [3.63, 3.8) is 0 Å². The fourth-order valence-corrected chi connectivity index (χ4v) is 1.89. The summed E-state index contributed by atoms with van der Waals surface area (Å²) in [6, 6.07) is 4.21. The summed E-state index contributed by atoms with van der Waals surface area (Å²) in [4.78, 5) is 12.0. The molecular formula is C13H15F3N2OS. The van der Waals surface area contributed by atoms with Crippen LogP contribution < -0.4 is 11.1 Å². The number of thiocarbonyl (C=S) groups is 1. The molecule has 1 aromatic rings. The molecule has 0 aliphatic heterocycles. The summed E-state index contributed by atoms with van der Waals surface area (Å²) in [7, 11) is 0. The summed E-state index contributed by atoms with van der Waals surface area (Å²) in [5, 5.41) is 2.51. The molecule has 1 rings (SSSR count). The molecule has 0 saturated carbocycles. The lowest BCUT2D eigenvalue weighted by atomic mass is 10.0. The van der Waals surface area contributed by atoms with Crippen molar-refractivity contribution in [2.75, 3.05) is 5.32 Å². The molecule has 0 aromatic heterocycles. The van der Waals surface area contributed by atoms with Gasteiger partial charge in [0.1, 0.15) is 0 Å². The van der Waals surface area contributed by atoms with E-state index in [-0.39, 0.29) is 10.7 Å². The van der Waals surface area contributed by atoms with Crippen LogP contribution in [0.5, 0.6) is 0 Å². The number of hydrogen-bond donors (Lipinski definition) is 2. The van der Waals surface area contributed by atoms with Gasteiger partial charge in [0.25, 0.3) is 0 Å². The largest absolute Gasteiger partial charge is 0.416 e. The van der Waals surface area contributed by atoms with Gasteiger partial charge in [0.15, 0.2) is 0 Å². The third kappa shape index (κ3) is 4.48. The number of benzene rings is 1. The second-order valence-corrected chi connectivity index (χ2v) is 4.78. The lowest BCUT2D eigenvalue weighted by molar-refractivity contribution is -0.137. The summed E-state index contributed by atoms with van der Waals surface area (Å²) in [6.45, 7) is 1.89. The Balaban J connectivity index is 2.78. The van der Waals surface area contributed by atoms with E-state index in [1.165, 1.54) is 12.1 Å². The maximum absolute atomic E-state index is 12.4. The minimum Gasteiger partial charge on any atom is -0.393 e. The topological polar surface area (TPSA) is 55.1 Å². The van der Waals surface area contributed by atoms with E-state index >= 15 is 0 Å². The highest BCUT2D eigenvalue weighted by molar-refractivity contribution is 7.80. The van der Waals surface area contributed by atoms with Gasteiger partial charge >= 0.3 is 6.18 Å². The van der Waals surface area contributed by atoms with Crippen LogP contribution in [0.3, 0.4) is 0 Å². The van der Waals surface area contributed by atoms with Crippen LogP contribution in [0.2, 0.25) is 0 Å². The smallest absolute Gasteiger partial charge is 0.393 e. The number of carbonyl (C=O) groups excluding carboxylic acids is 1. The predicted molar refractivity (Wildman–Crippen MR) is 75.3 cm³/mol. The summed E-state index contributed by atoms with van der Waals surface area (Å²) < 4.78 is 37.2. The Morgan fingerprint density at radius 3 is 2.30 bits per heavy atom. The van der Waals surface area contributed by atoms with Crippen LogP contribution in [0.1, 0.15) is 25.3 Å².